The Hall–Kier alpha value is -2.61. The van der Waals surface area contributed by atoms with Gasteiger partial charge in [0.25, 0.3) is 11.8 Å². The summed E-state index contributed by atoms with van der Waals surface area (Å²) in [5.41, 5.74) is 1.09. The molecule has 1 aliphatic heterocycles. The fraction of sp³-hybridized carbons (Fsp3) is 0.565. The molecule has 4 amide bonds. The third kappa shape index (κ3) is 5.06. The standard InChI is InChI=1S/C23H30ClN3O5/c1-13-6-15(3)19(16(24)7-13)25-17(28)11-32-18(29)10-27-20(30)23(26-21(27)31)9-14(2)8-22(4,5)12-23/h6-7,14H,8-12H2,1-5H3,(H,25,28)(H,26,31)/t14-,23+/m1/s1. The molecule has 1 heterocycles. The number of aryl methyl sites for hydroxylation is 2. The molecule has 32 heavy (non-hydrogen) atoms. The summed E-state index contributed by atoms with van der Waals surface area (Å²) < 4.78 is 5.01. The first-order valence-electron chi connectivity index (χ1n) is 10.7. The van der Waals surface area contributed by atoms with Gasteiger partial charge in [-0.1, -0.05) is 38.4 Å². The Kier molecular flexibility index (Phi) is 6.56. The number of rotatable bonds is 5. The maximum absolute atomic E-state index is 13.1. The average Bonchev–Trinajstić information content (AvgIpc) is 2.84. The van der Waals surface area contributed by atoms with E-state index in [4.69, 9.17) is 16.3 Å². The van der Waals surface area contributed by atoms with Gasteiger partial charge in [-0.25, -0.2) is 4.79 Å². The Bertz CT molecular complexity index is 953. The second-order valence-corrected chi connectivity index (χ2v) is 10.3. The monoisotopic (exact) mass is 463 g/mol. The van der Waals surface area contributed by atoms with Gasteiger partial charge in [-0.2, -0.15) is 0 Å². The molecule has 0 bridgehead atoms. The maximum Gasteiger partial charge on any atom is 0.326 e. The zero-order valence-electron chi connectivity index (χ0n) is 19.1. The number of urea groups is 1. The molecule has 1 saturated heterocycles. The predicted molar refractivity (Wildman–Crippen MR) is 120 cm³/mol. The molecule has 8 nitrogen and oxygen atoms in total. The topological polar surface area (TPSA) is 105 Å². The van der Waals surface area contributed by atoms with Crippen molar-refractivity contribution >= 4 is 41.1 Å². The van der Waals surface area contributed by atoms with Crippen molar-refractivity contribution in [2.24, 2.45) is 11.3 Å². The highest BCUT2D eigenvalue weighted by Gasteiger charge is 2.56. The lowest BCUT2D eigenvalue weighted by Gasteiger charge is -2.43. The van der Waals surface area contributed by atoms with E-state index in [9.17, 15) is 19.2 Å². The summed E-state index contributed by atoms with van der Waals surface area (Å²) in [6, 6.07) is 2.98. The number of ether oxygens (including phenoxy) is 1. The number of carbonyl (C=O) groups is 4. The summed E-state index contributed by atoms with van der Waals surface area (Å²) in [6.45, 7) is 8.80. The van der Waals surface area contributed by atoms with E-state index in [0.717, 1.165) is 22.4 Å². The molecule has 0 unspecified atom stereocenters. The van der Waals surface area contributed by atoms with Crippen LogP contribution in [0.25, 0.3) is 0 Å². The minimum Gasteiger partial charge on any atom is -0.454 e. The highest BCUT2D eigenvalue weighted by Crippen LogP contribution is 2.46. The average molecular weight is 464 g/mol. The van der Waals surface area contributed by atoms with E-state index in [2.05, 4.69) is 31.4 Å². The van der Waals surface area contributed by atoms with Crippen LogP contribution in [-0.4, -0.2) is 47.4 Å². The predicted octanol–water partition coefficient (Wildman–Crippen LogP) is 3.58. The van der Waals surface area contributed by atoms with Crippen LogP contribution in [0.3, 0.4) is 0 Å². The van der Waals surface area contributed by atoms with Gasteiger partial charge in [0, 0.05) is 0 Å². The SMILES string of the molecule is Cc1cc(C)c(NC(=O)COC(=O)CN2C(=O)N[C@]3(C[C@H](C)CC(C)(C)C3)C2=O)c(Cl)c1. The molecule has 1 aromatic carbocycles. The molecular weight excluding hydrogens is 434 g/mol. The summed E-state index contributed by atoms with van der Waals surface area (Å²) in [6.07, 6.45) is 2.00. The molecule has 1 aliphatic carbocycles. The number of nitrogens with one attached hydrogen (secondary N) is 2. The fourth-order valence-electron chi connectivity index (χ4n) is 5.22. The van der Waals surface area contributed by atoms with Crippen molar-refractivity contribution in [3.63, 3.8) is 0 Å². The Morgan fingerprint density at radius 2 is 1.94 bits per heavy atom. The highest BCUT2D eigenvalue weighted by molar-refractivity contribution is 6.34. The zero-order valence-corrected chi connectivity index (χ0v) is 19.9. The van der Waals surface area contributed by atoms with Crippen LogP contribution in [0.1, 0.15) is 51.2 Å². The third-order valence-corrected chi connectivity index (χ3v) is 6.27. The normalized spacial score (nSPS) is 24.4. The summed E-state index contributed by atoms with van der Waals surface area (Å²) in [5, 5.41) is 5.82. The van der Waals surface area contributed by atoms with Crippen LogP contribution in [0.4, 0.5) is 10.5 Å². The lowest BCUT2D eigenvalue weighted by atomic mass is 9.64. The second-order valence-electron chi connectivity index (χ2n) is 9.91. The minimum absolute atomic E-state index is 0.107. The molecule has 2 N–H and O–H groups in total. The van der Waals surface area contributed by atoms with Crippen molar-refractivity contribution < 1.29 is 23.9 Å². The van der Waals surface area contributed by atoms with Gasteiger partial charge < -0.3 is 15.4 Å². The van der Waals surface area contributed by atoms with E-state index < -0.39 is 42.5 Å². The van der Waals surface area contributed by atoms with E-state index in [-0.39, 0.29) is 11.3 Å². The molecule has 2 aliphatic rings. The van der Waals surface area contributed by atoms with Gasteiger partial charge in [0.05, 0.1) is 10.7 Å². The third-order valence-electron chi connectivity index (χ3n) is 5.97. The van der Waals surface area contributed by atoms with E-state index in [0.29, 0.717) is 23.6 Å². The lowest BCUT2D eigenvalue weighted by Crippen LogP contribution is -2.54. The fourth-order valence-corrected chi connectivity index (χ4v) is 5.59. The maximum atomic E-state index is 13.1. The Labute approximate surface area is 193 Å². The molecule has 9 heteroatoms. The number of imide groups is 1. The summed E-state index contributed by atoms with van der Waals surface area (Å²) in [7, 11) is 0. The van der Waals surface area contributed by atoms with E-state index in [1.165, 1.54) is 0 Å². The number of amides is 4. The number of benzene rings is 1. The number of halogens is 1. The summed E-state index contributed by atoms with van der Waals surface area (Å²) in [4.78, 5) is 51.0. The van der Waals surface area contributed by atoms with Gasteiger partial charge >= 0.3 is 12.0 Å². The summed E-state index contributed by atoms with van der Waals surface area (Å²) >= 11 is 6.18. The van der Waals surface area contributed by atoms with Crippen molar-refractivity contribution in [2.45, 2.75) is 59.4 Å². The van der Waals surface area contributed by atoms with Gasteiger partial charge in [0.2, 0.25) is 0 Å². The van der Waals surface area contributed by atoms with Crippen LogP contribution in [0.5, 0.6) is 0 Å². The van der Waals surface area contributed by atoms with Gasteiger partial charge in [0.1, 0.15) is 12.1 Å². The van der Waals surface area contributed by atoms with Gasteiger partial charge in [-0.15, -0.1) is 0 Å². The van der Waals surface area contributed by atoms with Crippen LogP contribution in [-0.2, 0) is 19.1 Å². The molecule has 174 valence electrons. The second kappa shape index (κ2) is 8.73. The number of hydrogen-bond donors (Lipinski definition) is 2. The number of anilines is 1. The van der Waals surface area contributed by atoms with Crippen LogP contribution in [0, 0.1) is 25.2 Å². The van der Waals surface area contributed by atoms with E-state index in [1.807, 2.05) is 13.0 Å². The van der Waals surface area contributed by atoms with Gasteiger partial charge in [-0.05, 0) is 61.6 Å². The smallest absolute Gasteiger partial charge is 0.326 e. The minimum atomic E-state index is -0.990. The molecule has 0 aromatic heterocycles. The Morgan fingerprint density at radius 1 is 1.25 bits per heavy atom. The van der Waals surface area contributed by atoms with Crippen molar-refractivity contribution in [3.05, 3.63) is 28.3 Å². The molecule has 0 radical (unpaired) electrons. The number of nitrogens with zero attached hydrogens (tertiary/aromatic N) is 1. The Balaban J connectivity index is 1.58. The quantitative estimate of drug-likeness (QED) is 0.513. The van der Waals surface area contributed by atoms with E-state index >= 15 is 0 Å². The first kappa shape index (κ1) is 24.0. The van der Waals surface area contributed by atoms with Gasteiger partial charge in [0.15, 0.2) is 6.61 Å². The number of esters is 1. The number of carbonyl (C=O) groups excluding carboxylic acids is 4. The molecule has 1 saturated carbocycles. The first-order chi connectivity index (χ1) is 14.8. The van der Waals surface area contributed by atoms with Crippen molar-refractivity contribution in [2.75, 3.05) is 18.5 Å². The van der Waals surface area contributed by atoms with Gasteiger partial charge in [-0.3, -0.25) is 19.3 Å². The van der Waals surface area contributed by atoms with Crippen LogP contribution in [0.15, 0.2) is 12.1 Å². The summed E-state index contributed by atoms with van der Waals surface area (Å²) in [5.74, 6) is -1.56. The molecule has 2 atom stereocenters. The first-order valence-corrected chi connectivity index (χ1v) is 11.1. The van der Waals surface area contributed by atoms with Crippen molar-refractivity contribution in [3.8, 4) is 0 Å². The zero-order chi connectivity index (χ0) is 23.8. The Morgan fingerprint density at radius 3 is 2.56 bits per heavy atom. The van der Waals surface area contributed by atoms with Crippen LogP contribution < -0.4 is 10.6 Å². The van der Waals surface area contributed by atoms with Crippen LogP contribution >= 0.6 is 11.6 Å². The highest BCUT2D eigenvalue weighted by atomic mass is 35.5. The van der Waals surface area contributed by atoms with E-state index in [1.54, 1.807) is 13.0 Å². The largest absolute Gasteiger partial charge is 0.454 e. The molecule has 1 aromatic rings. The van der Waals surface area contributed by atoms with Crippen molar-refractivity contribution in [1.29, 1.82) is 0 Å². The molecule has 3 rings (SSSR count). The molecule has 2 fully saturated rings. The molecular formula is C23H30ClN3O5. The molecule has 1 spiro atoms. The van der Waals surface area contributed by atoms with Crippen LogP contribution in [0.2, 0.25) is 5.02 Å². The lowest BCUT2D eigenvalue weighted by molar-refractivity contribution is -0.150. The van der Waals surface area contributed by atoms with Crippen molar-refractivity contribution in [1.82, 2.24) is 10.2 Å². The number of hydrogen-bond acceptors (Lipinski definition) is 5.